The molecule has 0 spiro atoms. The minimum absolute atomic E-state index is 0.00105. The summed E-state index contributed by atoms with van der Waals surface area (Å²) in [6, 6.07) is 23.7. The molecule has 2 amide bonds. The first-order valence-electron chi connectivity index (χ1n) is 9.27. The van der Waals surface area contributed by atoms with Crippen molar-refractivity contribution in [3.8, 4) is 0 Å². The summed E-state index contributed by atoms with van der Waals surface area (Å²) in [4.78, 5) is 27.1. The highest BCUT2D eigenvalue weighted by atomic mass is 16.2. The molecule has 136 valence electrons. The van der Waals surface area contributed by atoms with Crippen molar-refractivity contribution in [2.45, 2.75) is 19.4 Å². The Labute approximate surface area is 158 Å². The number of anilines is 1. The number of nitrogens with one attached hydrogen (secondary N) is 1. The van der Waals surface area contributed by atoms with Gasteiger partial charge in [0.05, 0.1) is 17.6 Å². The van der Waals surface area contributed by atoms with E-state index in [0.29, 0.717) is 6.54 Å². The summed E-state index contributed by atoms with van der Waals surface area (Å²) in [6.45, 7) is 2.38. The van der Waals surface area contributed by atoms with Crippen molar-refractivity contribution in [2.75, 3.05) is 11.4 Å². The highest BCUT2D eigenvalue weighted by molar-refractivity contribution is 6.07. The topological polar surface area (TPSA) is 49.4 Å². The zero-order valence-corrected chi connectivity index (χ0v) is 15.3. The van der Waals surface area contributed by atoms with Gasteiger partial charge in [-0.1, -0.05) is 66.7 Å². The van der Waals surface area contributed by atoms with E-state index in [1.807, 2.05) is 79.7 Å². The molecule has 1 heterocycles. The van der Waals surface area contributed by atoms with Gasteiger partial charge in [-0.2, -0.15) is 0 Å². The van der Waals surface area contributed by atoms with Crippen LogP contribution < -0.4 is 10.2 Å². The second-order valence-electron chi connectivity index (χ2n) is 7.04. The molecule has 4 heteroatoms. The van der Waals surface area contributed by atoms with Crippen LogP contribution in [0.3, 0.4) is 0 Å². The lowest BCUT2D eigenvalue weighted by atomic mass is 10.0. The third-order valence-electron chi connectivity index (χ3n) is 5.21. The number of benzene rings is 3. The van der Waals surface area contributed by atoms with Gasteiger partial charge in [0.25, 0.3) is 0 Å². The molecule has 3 aromatic rings. The smallest absolute Gasteiger partial charge is 0.227 e. The van der Waals surface area contributed by atoms with Gasteiger partial charge in [-0.25, -0.2) is 0 Å². The lowest BCUT2D eigenvalue weighted by Crippen LogP contribution is -2.34. The van der Waals surface area contributed by atoms with E-state index in [-0.39, 0.29) is 30.2 Å². The Morgan fingerprint density at radius 2 is 1.70 bits per heavy atom. The Morgan fingerprint density at radius 3 is 2.52 bits per heavy atom. The summed E-state index contributed by atoms with van der Waals surface area (Å²) in [5.41, 5.74) is 1.94. The number of hydrogen-bond acceptors (Lipinski definition) is 2. The normalized spacial score (nSPS) is 17.9. The first-order valence-corrected chi connectivity index (χ1v) is 9.27. The molecule has 0 bridgehead atoms. The number of hydrogen-bond donors (Lipinski definition) is 1. The first kappa shape index (κ1) is 17.3. The van der Waals surface area contributed by atoms with Crippen molar-refractivity contribution in [1.82, 2.24) is 5.32 Å². The SMILES string of the molecule is C[C@H](NC(=O)[C@@H]1CC(=O)N(c2cccc3ccccc23)C1)c1ccccc1. The van der Waals surface area contributed by atoms with E-state index in [2.05, 4.69) is 5.32 Å². The van der Waals surface area contributed by atoms with Gasteiger partial charge in [-0.05, 0) is 23.9 Å². The lowest BCUT2D eigenvalue weighted by molar-refractivity contribution is -0.126. The van der Waals surface area contributed by atoms with Gasteiger partial charge < -0.3 is 10.2 Å². The molecule has 1 saturated heterocycles. The molecule has 1 N–H and O–H groups in total. The number of fused-ring (bicyclic) bond motifs is 1. The van der Waals surface area contributed by atoms with Crippen molar-refractivity contribution < 1.29 is 9.59 Å². The maximum atomic E-state index is 12.7. The summed E-state index contributed by atoms with van der Waals surface area (Å²) in [7, 11) is 0. The van der Waals surface area contributed by atoms with Gasteiger partial charge in [-0.15, -0.1) is 0 Å². The van der Waals surface area contributed by atoms with Gasteiger partial charge in [0, 0.05) is 18.4 Å². The average Bonchev–Trinajstić information content (AvgIpc) is 3.10. The van der Waals surface area contributed by atoms with Crippen LogP contribution in [0.1, 0.15) is 24.9 Å². The molecular formula is C23H22N2O2. The van der Waals surface area contributed by atoms with Crippen LogP contribution in [-0.4, -0.2) is 18.4 Å². The summed E-state index contributed by atoms with van der Waals surface area (Å²) < 4.78 is 0. The molecule has 1 fully saturated rings. The Balaban J connectivity index is 1.51. The maximum Gasteiger partial charge on any atom is 0.227 e. The summed E-state index contributed by atoms with van der Waals surface area (Å²) >= 11 is 0. The molecule has 1 aliphatic rings. The number of carbonyl (C=O) groups is 2. The second-order valence-corrected chi connectivity index (χ2v) is 7.04. The molecule has 27 heavy (non-hydrogen) atoms. The second kappa shape index (κ2) is 7.23. The lowest BCUT2D eigenvalue weighted by Gasteiger charge is -2.20. The van der Waals surface area contributed by atoms with Crippen LogP contribution in [0.15, 0.2) is 72.8 Å². The molecule has 0 aliphatic carbocycles. The Hall–Kier alpha value is -3.14. The van der Waals surface area contributed by atoms with Gasteiger partial charge in [0.2, 0.25) is 11.8 Å². The predicted molar refractivity (Wildman–Crippen MR) is 107 cm³/mol. The van der Waals surface area contributed by atoms with Crippen LogP contribution in [0, 0.1) is 5.92 Å². The fourth-order valence-electron chi connectivity index (χ4n) is 3.72. The Morgan fingerprint density at radius 1 is 1.00 bits per heavy atom. The molecule has 4 nitrogen and oxygen atoms in total. The van der Waals surface area contributed by atoms with Crippen LogP contribution in [0.2, 0.25) is 0 Å². The van der Waals surface area contributed by atoms with Crippen LogP contribution in [0.25, 0.3) is 10.8 Å². The van der Waals surface area contributed by atoms with Gasteiger partial charge in [-0.3, -0.25) is 9.59 Å². The highest BCUT2D eigenvalue weighted by Crippen LogP contribution is 2.32. The van der Waals surface area contributed by atoms with E-state index < -0.39 is 0 Å². The van der Waals surface area contributed by atoms with E-state index in [9.17, 15) is 9.59 Å². The van der Waals surface area contributed by atoms with Crippen molar-refractivity contribution in [1.29, 1.82) is 0 Å². The Bertz CT molecular complexity index is 979. The minimum atomic E-state index is -0.331. The third-order valence-corrected chi connectivity index (χ3v) is 5.21. The van der Waals surface area contributed by atoms with Gasteiger partial charge in [0.1, 0.15) is 0 Å². The quantitative estimate of drug-likeness (QED) is 0.764. The van der Waals surface area contributed by atoms with E-state index in [4.69, 9.17) is 0 Å². The number of nitrogens with zero attached hydrogens (tertiary/aromatic N) is 1. The minimum Gasteiger partial charge on any atom is -0.349 e. The van der Waals surface area contributed by atoms with E-state index in [1.165, 1.54) is 0 Å². The average molecular weight is 358 g/mol. The van der Waals surface area contributed by atoms with E-state index in [0.717, 1.165) is 22.0 Å². The van der Waals surface area contributed by atoms with Crippen LogP contribution in [0.4, 0.5) is 5.69 Å². The summed E-state index contributed by atoms with van der Waals surface area (Å²) in [5.74, 6) is -0.399. The largest absolute Gasteiger partial charge is 0.349 e. The molecule has 4 rings (SSSR count). The van der Waals surface area contributed by atoms with Crippen LogP contribution in [-0.2, 0) is 9.59 Å². The monoisotopic (exact) mass is 358 g/mol. The van der Waals surface area contributed by atoms with Crippen LogP contribution >= 0.6 is 0 Å². The molecule has 1 aliphatic heterocycles. The van der Waals surface area contributed by atoms with Gasteiger partial charge >= 0.3 is 0 Å². The van der Waals surface area contributed by atoms with E-state index >= 15 is 0 Å². The van der Waals surface area contributed by atoms with Crippen molar-refractivity contribution in [3.63, 3.8) is 0 Å². The molecule has 0 saturated carbocycles. The summed E-state index contributed by atoms with van der Waals surface area (Å²) in [6.07, 6.45) is 0.247. The first-order chi connectivity index (χ1) is 13.1. The predicted octanol–water partition coefficient (Wildman–Crippen LogP) is 4.07. The van der Waals surface area contributed by atoms with Crippen LogP contribution in [0.5, 0.6) is 0 Å². The molecule has 0 unspecified atom stereocenters. The maximum absolute atomic E-state index is 12.7. The van der Waals surface area contributed by atoms with Crippen molar-refractivity contribution >= 4 is 28.3 Å². The molecular weight excluding hydrogens is 336 g/mol. The van der Waals surface area contributed by atoms with Crippen molar-refractivity contribution in [3.05, 3.63) is 78.4 Å². The summed E-state index contributed by atoms with van der Waals surface area (Å²) in [5, 5.41) is 5.18. The molecule has 0 aromatic heterocycles. The van der Waals surface area contributed by atoms with E-state index in [1.54, 1.807) is 4.90 Å². The Kier molecular flexibility index (Phi) is 4.63. The third kappa shape index (κ3) is 3.43. The molecule has 2 atom stereocenters. The standard InChI is InChI=1S/C23H22N2O2/c1-16(17-8-3-2-4-9-17)24-23(27)19-14-22(26)25(15-19)21-13-7-11-18-10-5-6-12-20(18)21/h2-13,16,19H,14-15H2,1H3,(H,24,27)/t16-,19+/m0/s1. The highest BCUT2D eigenvalue weighted by Gasteiger charge is 2.36. The molecule has 3 aromatic carbocycles. The fraction of sp³-hybridized carbons (Fsp3) is 0.217. The van der Waals surface area contributed by atoms with Crippen molar-refractivity contribution in [2.24, 2.45) is 5.92 Å². The number of carbonyl (C=O) groups excluding carboxylic acids is 2. The zero-order chi connectivity index (χ0) is 18.8. The number of rotatable bonds is 4. The zero-order valence-electron chi connectivity index (χ0n) is 15.3. The number of amides is 2. The molecule has 0 radical (unpaired) electrons. The fourth-order valence-corrected chi connectivity index (χ4v) is 3.72. The van der Waals surface area contributed by atoms with Gasteiger partial charge in [0.15, 0.2) is 0 Å².